The van der Waals surface area contributed by atoms with Crippen molar-refractivity contribution in [2.24, 2.45) is 28.6 Å². The van der Waals surface area contributed by atoms with Crippen molar-refractivity contribution in [2.45, 2.75) is 64.9 Å². The Balaban J connectivity index is 1.46. The number of ether oxygens (including phenoxy) is 2. The van der Waals surface area contributed by atoms with Gasteiger partial charge in [0.05, 0.1) is 20.3 Å². The molecule has 0 aliphatic heterocycles. The van der Waals surface area contributed by atoms with Crippen LogP contribution in [0.25, 0.3) is 6.08 Å². The Morgan fingerprint density at radius 3 is 2.50 bits per heavy atom. The lowest BCUT2D eigenvalue weighted by Crippen LogP contribution is -2.50. The minimum Gasteiger partial charge on any atom is -0.493 e. The summed E-state index contributed by atoms with van der Waals surface area (Å²) in [6.45, 7) is 4.65. The van der Waals surface area contributed by atoms with Gasteiger partial charge < -0.3 is 14.6 Å². The van der Waals surface area contributed by atoms with Gasteiger partial charge in [-0.1, -0.05) is 31.6 Å². The fourth-order valence-corrected chi connectivity index (χ4v) is 7.58. The van der Waals surface area contributed by atoms with Crippen molar-refractivity contribution in [1.29, 1.82) is 0 Å². The molecule has 172 valence electrons. The molecule has 0 bridgehead atoms. The third kappa shape index (κ3) is 3.17. The van der Waals surface area contributed by atoms with Gasteiger partial charge in [0, 0.05) is 5.41 Å². The van der Waals surface area contributed by atoms with Gasteiger partial charge in [0.25, 0.3) is 0 Å². The van der Waals surface area contributed by atoms with Crippen molar-refractivity contribution in [3.8, 4) is 11.5 Å². The molecule has 0 radical (unpaired) electrons. The fourth-order valence-electron chi connectivity index (χ4n) is 7.58. The Hall–Kier alpha value is -2.07. The third-order valence-electron chi connectivity index (χ3n) is 9.47. The summed E-state index contributed by atoms with van der Waals surface area (Å²) in [6, 6.07) is 5.86. The number of carbonyl (C=O) groups excluding carboxylic acids is 1. The molecule has 4 heteroatoms. The summed E-state index contributed by atoms with van der Waals surface area (Å²) in [5.74, 6) is 3.32. The van der Waals surface area contributed by atoms with E-state index < -0.39 is 0 Å². The van der Waals surface area contributed by atoms with E-state index in [-0.39, 0.29) is 16.9 Å². The number of fused-ring (bicyclic) bond motifs is 5. The predicted octanol–water partition coefficient (Wildman–Crippen LogP) is 5.59. The number of rotatable bonds is 3. The largest absolute Gasteiger partial charge is 0.493 e. The van der Waals surface area contributed by atoms with Crippen LogP contribution < -0.4 is 9.47 Å². The Labute approximate surface area is 191 Å². The average Bonchev–Trinajstić information content (AvgIpc) is 3.04. The van der Waals surface area contributed by atoms with Gasteiger partial charge in [0.15, 0.2) is 17.3 Å². The first-order valence-electron chi connectivity index (χ1n) is 12.1. The number of allylic oxidation sites excluding steroid dienone is 2. The molecule has 4 nitrogen and oxygen atoms in total. The highest BCUT2D eigenvalue weighted by Crippen LogP contribution is 2.64. The minimum absolute atomic E-state index is 0.177. The van der Waals surface area contributed by atoms with E-state index in [1.165, 1.54) is 5.57 Å². The van der Waals surface area contributed by atoms with Gasteiger partial charge >= 0.3 is 0 Å². The van der Waals surface area contributed by atoms with Crippen LogP contribution >= 0.6 is 0 Å². The number of carbonyl (C=O) groups is 1. The smallest absolute Gasteiger partial charge is 0.165 e. The van der Waals surface area contributed by atoms with Crippen LogP contribution in [0.4, 0.5) is 0 Å². The van der Waals surface area contributed by atoms with E-state index in [0.717, 1.165) is 56.1 Å². The first-order valence-corrected chi connectivity index (χ1v) is 12.1. The second kappa shape index (κ2) is 7.76. The van der Waals surface area contributed by atoms with Crippen LogP contribution in [0.15, 0.2) is 35.4 Å². The number of methoxy groups -OCH3 is 2. The first-order chi connectivity index (χ1) is 15.3. The third-order valence-corrected chi connectivity index (χ3v) is 9.47. The number of Topliss-reactive ketones (excluding diaryl/α,β-unsaturated/α-hetero) is 1. The molecule has 32 heavy (non-hydrogen) atoms. The maximum Gasteiger partial charge on any atom is 0.165 e. The van der Waals surface area contributed by atoms with Gasteiger partial charge in [0.2, 0.25) is 0 Å². The van der Waals surface area contributed by atoms with Crippen LogP contribution in [0.2, 0.25) is 0 Å². The molecule has 6 unspecified atom stereocenters. The molecule has 3 fully saturated rings. The molecule has 0 heterocycles. The van der Waals surface area contributed by atoms with Crippen molar-refractivity contribution in [1.82, 2.24) is 0 Å². The maximum absolute atomic E-state index is 13.7. The van der Waals surface area contributed by atoms with E-state index in [9.17, 15) is 9.90 Å². The normalized spacial score (nSPS) is 39.7. The van der Waals surface area contributed by atoms with Crippen LogP contribution in [0.3, 0.4) is 0 Å². The Morgan fingerprint density at radius 2 is 1.75 bits per heavy atom. The Kier molecular flexibility index (Phi) is 5.28. The van der Waals surface area contributed by atoms with Gasteiger partial charge in [-0.3, -0.25) is 4.79 Å². The molecule has 5 rings (SSSR count). The monoisotopic (exact) mass is 436 g/mol. The average molecular weight is 437 g/mol. The summed E-state index contributed by atoms with van der Waals surface area (Å²) in [5, 5.41) is 10.2. The highest BCUT2D eigenvalue weighted by Gasteiger charge is 2.59. The van der Waals surface area contributed by atoms with Gasteiger partial charge in [-0.05, 0) is 97.5 Å². The van der Waals surface area contributed by atoms with Crippen molar-refractivity contribution in [3.05, 3.63) is 41.0 Å². The highest BCUT2D eigenvalue weighted by molar-refractivity contribution is 6.06. The molecule has 6 atom stereocenters. The Bertz CT molecular complexity index is 991. The van der Waals surface area contributed by atoms with E-state index in [4.69, 9.17) is 9.47 Å². The van der Waals surface area contributed by atoms with Crippen molar-refractivity contribution >= 4 is 11.9 Å². The van der Waals surface area contributed by atoms with Gasteiger partial charge in [-0.15, -0.1) is 0 Å². The quantitative estimate of drug-likeness (QED) is 0.496. The molecule has 0 spiro atoms. The summed E-state index contributed by atoms with van der Waals surface area (Å²) in [4.78, 5) is 13.7. The van der Waals surface area contributed by atoms with Gasteiger partial charge in [-0.2, -0.15) is 0 Å². The number of hydrogen-bond donors (Lipinski definition) is 1. The van der Waals surface area contributed by atoms with Crippen molar-refractivity contribution in [3.63, 3.8) is 0 Å². The lowest BCUT2D eigenvalue weighted by molar-refractivity contribution is -0.130. The molecule has 0 amide bonds. The van der Waals surface area contributed by atoms with Gasteiger partial charge in [-0.25, -0.2) is 0 Å². The molecule has 0 saturated heterocycles. The number of aliphatic hydroxyl groups is 1. The molecule has 1 N–H and O–H groups in total. The molecule has 1 aromatic rings. The van der Waals surface area contributed by atoms with Crippen molar-refractivity contribution < 1.29 is 19.4 Å². The Morgan fingerprint density at radius 1 is 1.00 bits per heavy atom. The standard InChI is InChI=1S/C28H36O4/c1-27-11-9-20(29)16-19(27)6-7-21-22(27)10-12-28(2)23(21)15-18(26(28)30)13-17-5-8-24(31-3)25(14-17)32-4/h5-6,8,13-14,20-23,29H,7,9-12,15-16H2,1-4H3/b18-13-. The van der Waals surface area contributed by atoms with Crippen LogP contribution in [0.1, 0.15) is 64.4 Å². The fraction of sp³-hybridized carbons (Fsp3) is 0.607. The lowest BCUT2D eigenvalue weighted by Gasteiger charge is -2.56. The second-order valence-corrected chi connectivity index (χ2v) is 10.9. The maximum atomic E-state index is 13.7. The van der Waals surface area contributed by atoms with E-state index >= 15 is 0 Å². The number of aliphatic hydroxyl groups excluding tert-OH is 1. The number of benzene rings is 1. The molecular formula is C28H36O4. The molecule has 3 saturated carbocycles. The molecule has 4 aliphatic rings. The summed E-state index contributed by atoms with van der Waals surface area (Å²) < 4.78 is 10.8. The highest BCUT2D eigenvalue weighted by atomic mass is 16.5. The SMILES string of the molecule is COc1ccc(/C=C2/CC3C4CC=C5CC(O)CCC5(C)C4CCC3(C)C2=O)cc1OC. The lowest BCUT2D eigenvalue weighted by atomic mass is 9.48. The molecular weight excluding hydrogens is 400 g/mol. The molecule has 0 aromatic heterocycles. The zero-order chi connectivity index (χ0) is 22.7. The van der Waals surface area contributed by atoms with E-state index in [2.05, 4.69) is 26.0 Å². The summed E-state index contributed by atoms with van der Waals surface area (Å²) in [7, 11) is 3.27. The van der Waals surface area contributed by atoms with Gasteiger partial charge in [0.1, 0.15) is 0 Å². The minimum atomic E-state index is -0.251. The van der Waals surface area contributed by atoms with Crippen molar-refractivity contribution in [2.75, 3.05) is 14.2 Å². The summed E-state index contributed by atoms with van der Waals surface area (Å²) in [5.41, 5.74) is 3.38. The molecule has 4 aliphatic carbocycles. The van der Waals surface area contributed by atoms with Crippen LogP contribution in [-0.4, -0.2) is 31.2 Å². The first kappa shape index (κ1) is 21.8. The van der Waals surface area contributed by atoms with E-state index in [1.807, 2.05) is 18.2 Å². The van der Waals surface area contributed by atoms with Crippen LogP contribution in [0.5, 0.6) is 11.5 Å². The van der Waals surface area contributed by atoms with Crippen LogP contribution in [0, 0.1) is 28.6 Å². The number of ketones is 1. The zero-order valence-electron chi connectivity index (χ0n) is 19.8. The van der Waals surface area contributed by atoms with Crippen LogP contribution in [-0.2, 0) is 4.79 Å². The second-order valence-electron chi connectivity index (χ2n) is 10.9. The van der Waals surface area contributed by atoms with E-state index in [1.54, 1.807) is 14.2 Å². The van der Waals surface area contributed by atoms with E-state index in [0.29, 0.717) is 35.0 Å². The zero-order valence-corrected chi connectivity index (χ0v) is 19.8. The summed E-state index contributed by atoms with van der Waals surface area (Å²) in [6.07, 6.45) is 11.2. The molecule has 1 aromatic carbocycles. The topological polar surface area (TPSA) is 55.8 Å². The predicted molar refractivity (Wildman–Crippen MR) is 126 cm³/mol. The summed E-state index contributed by atoms with van der Waals surface area (Å²) >= 11 is 0. The number of hydrogen-bond acceptors (Lipinski definition) is 4.